The molecule has 6 heteroatoms. The summed E-state index contributed by atoms with van der Waals surface area (Å²) < 4.78 is 30.0. The number of hydrogen-bond acceptors (Lipinski definition) is 5. The maximum absolute atomic E-state index is 13.8. The monoisotopic (exact) mass is 355 g/mol. The average Bonchev–Trinajstić information content (AvgIpc) is 2.67. The molecule has 0 bridgehead atoms. The first-order chi connectivity index (χ1) is 12.5. The van der Waals surface area contributed by atoms with Crippen molar-refractivity contribution in [1.82, 2.24) is 0 Å². The SMILES string of the molecule is C=CC(=O)OCC(CC)Oc1ccc(Oc2ccc(C#N)cc2F)cc1. The van der Waals surface area contributed by atoms with Crippen LogP contribution in [0.5, 0.6) is 17.2 Å². The summed E-state index contributed by atoms with van der Waals surface area (Å²) in [5.41, 5.74) is 0.223. The molecule has 0 N–H and O–H groups in total. The molecule has 0 spiro atoms. The van der Waals surface area contributed by atoms with E-state index in [0.29, 0.717) is 17.9 Å². The highest BCUT2D eigenvalue weighted by atomic mass is 19.1. The molecule has 0 saturated carbocycles. The lowest BCUT2D eigenvalue weighted by atomic mass is 10.2. The van der Waals surface area contributed by atoms with Crippen molar-refractivity contribution in [3.63, 3.8) is 0 Å². The van der Waals surface area contributed by atoms with Crippen molar-refractivity contribution in [1.29, 1.82) is 5.26 Å². The summed E-state index contributed by atoms with van der Waals surface area (Å²) >= 11 is 0. The number of carbonyl (C=O) groups is 1. The van der Waals surface area contributed by atoms with E-state index < -0.39 is 11.8 Å². The Morgan fingerprint density at radius 3 is 2.54 bits per heavy atom. The van der Waals surface area contributed by atoms with E-state index in [4.69, 9.17) is 19.5 Å². The summed E-state index contributed by atoms with van der Waals surface area (Å²) in [5.74, 6) is -0.0913. The fraction of sp³-hybridized carbons (Fsp3) is 0.200. The maximum Gasteiger partial charge on any atom is 0.330 e. The standard InChI is InChI=1S/C20H18FNO4/c1-3-15(13-24-20(23)4-2)25-16-6-8-17(9-7-16)26-19-10-5-14(12-22)11-18(19)21/h4-11,15H,2-3,13H2,1H3. The predicted molar refractivity (Wildman–Crippen MR) is 93.5 cm³/mol. The van der Waals surface area contributed by atoms with Crippen molar-refractivity contribution >= 4 is 5.97 Å². The van der Waals surface area contributed by atoms with E-state index in [9.17, 15) is 9.18 Å². The van der Waals surface area contributed by atoms with Crippen LogP contribution >= 0.6 is 0 Å². The smallest absolute Gasteiger partial charge is 0.330 e. The van der Waals surface area contributed by atoms with Gasteiger partial charge in [0.05, 0.1) is 11.6 Å². The molecule has 0 heterocycles. The average molecular weight is 355 g/mol. The van der Waals surface area contributed by atoms with Crippen LogP contribution in [-0.4, -0.2) is 18.7 Å². The van der Waals surface area contributed by atoms with E-state index in [1.165, 1.54) is 12.1 Å². The third-order valence-electron chi connectivity index (χ3n) is 3.45. The number of benzene rings is 2. The Morgan fingerprint density at radius 2 is 1.96 bits per heavy atom. The van der Waals surface area contributed by atoms with Gasteiger partial charge in [0.25, 0.3) is 0 Å². The van der Waals surface area contributed by atoms with E-state index in [2.05, 4.69) is 6.58 Å². The first-order valence-corrected chi connectivity index (χ1v) is 7.99. The summed E-state index contributed by atoms with van der Waals surface area (Å²) in [7, 11) is 0. The summed E-state index contributed by atoms with van der Waals surface area (Å²) in [6.07, 6.45) is 1.46. The van der Waals surface area contributed by atoms with Crippen LogP contribution in [0.1, 0.15) is 18.9 Å². The minimum atomic E-state index is -0.612. The Labute approximate surface area is 151 Å². The highest BCUT2D eigenvalue weighted by molar-refractivity contribution is 5.81. The lowest BCUT2D eigenvalue weighted by molar-refractivity contribution is -0.140. The minimum Gasteiger partial charge on any atom is -0.487 e. The Kier molecular flexibility index (Phi) is 6.75. The first-order valence-electron chi connectivity index (χ1n) is 7.99. The highest BCUT2D eigenvalue weighted by Crippen LogP contribution is 2.27. The van der Waals surface area contributed by atoms with Crippen LogP contribution in [0.2, 0.25) is 0 Å². The van der Waals surface area contributed by atoms with Crippen molar-refractivity contribution in [2.45, 2.75) is 19.4 Å². The van der Waals surface area contributed by atoms with Gasteiger partial charge in [0.1, 0.15) is 24.2 Å². The van der Waals surface area contributed by atoms with Gasteiger partial charge in [-0.05, 0) is 48.9 Å². The van der Waals surface area contributed by atoms with Crippen LogP contribution in [-0.2, 0) is 9.53 Å². The van der Waals surface area contributed by atoms with Gasteiger partial charge in [-0.3, -0.25) is 0 Å². The quantitative estimate of drug-likeness (QED) is 0.519. The van der Waals surface area contributed by atoms with E-state index >= 15 is 0 Å². The molecule has 2 aromatic carbocycles. The van der Waals surface area contributed by atoms with E-state index in [0.717, 1.165) is 12.1 Å². The summed E-state index contributed by atoms with van der Waals surface area (Å²) in [6.45, 7) is 5.37. The van der Waals surface area contributed by atoms with Gasteiger partial charge in [0.15, 0.2) is 11.6 Å². The van der Waals surface area contributed by atoms with Crippen molar-refractivity contribution in [2.24, 2.45) is 0 Å². The third-order valence-corrected chi connectivity index (χ3v) is 3.45. The molecule has 2 aromatic rings. The van der Waals surface area contributed by atoms with Gasteiger partial charge >= 0.3 is 5.97 Å². The number of esters is 1. The number of hydrogen-bond donors (Lipinski definition) is 0. The molecule has 0 aliphatic carbocycles. The molecule has 0 radical (unpaired) electrons. The molecule has 0 saturated heterocycles. The number of nitrogens with zero attached hydrogens (tertiary/aromatic N) is 1. The van der Waals surface area contributed by atoms with Crippen LogP contribution in [0.25, 0.3) is 0 Å². The summed E-state index contributed by atoms with van der Waals surface area (Å²) in [4.78, 5) is 11.1. The zero-order valence-corrected chi connectivity index (χ0v) is 14.3. The molecule has 0 aliphatic heterocycles. The minimum absolute atomic E-state index is 0.0282. The van der Waals surface area contributed by atoms with Crippen LogP contribution < -0.4 is 9.47 Å². The summed E-state index contributed by atoms with van der Waals surface area (Å²) in [5, 5.41) is 8.74. The zero-order valence-electron chi connectivity index (χ0n) is 14.3. The second kappa shape index (κ2) is 9.23. The van der Waals surface area contributed by atoms with Gasteiger partial charge in [-0.15, -0.1) is 0 Å². The van der Waals surface area contributed by atoms with Crippen LogP contribution in [0.3, 0.4) is 0 Å². The molecule has 1 unspecified atom stereocenters. The van der Waals surface area contributed by atoms with Crippen LogP contribution in [0, 0.1) is 17.1 Å². The molecule has 26 heavy (non-hydrogen) atoms. The van der Waals surface area contributed by atoms with Crippen molar-refractivity contribution in [3.05, 3.63) is 66.5 Å². The molecular formula is C20H18FNO4. The van der Waals surface area contributed by atoms with Crippen LogP contribution in [0.4, 0.5) is 4.39 Å². The Bertz CT molecular complexity index is 812. The van der Waals surface area contributed by atoms with Gasteiger partial charge < -0.3 is 14.2 Å². The zero-order chi connectivity index (χ0) is 18.9. The number of carbonyl (C=O) groups excluding carboxylic acids is 1. The van der Waals surface area contributed by atoms with Gasteiger partial charge in [-0.25, -0.2) is 9.18 Å². The van der Waals surface area contributed by atoms with E-state index in [1.807, 2.05) is 13.0 Å². The van der Waals surface area contributed by atoms with Crippen LogP contribution in [0.15, 0.2) is 55.1 Å². The number of nitriles is 1. The lowest BCUT2D eigenvalue weighted by Crippen LogP contribution is -2.23. The maximum atomic E-state index is 13.8. The molecule has 134 valence electrons. The normalized spacial score (nSPS) is 11.1. The number of ether oxygens (including phenoxy) is 3. The van der Waals surface area contributed by atoms with Crippen molar-refractivity contribution in [2.75, 3.05) is 6.61 Å². The topological polar surface area (TPSA) is 68.6 Å². The second-order valence-corrected chi connectivity index (χ2v) is 5.31. The molecule has 0 aliphatic rings. The number of rotatable bonds is 8. The Hall–Kier alpha value is -3.33. The molecule has 1 atom stereocenters. The highest BCUT2D eigenvalue weighted by Gasteiger charge is 2.11. The fourth-order valence-electron chi connectivity index (χ4n) is 2.03. The largest absolute Gasteiger partial charge is 0.487 e. The molecule has 0 aromatic heterocycles. The first kappa shape index (κ1) is 19.0. The molecule has 0 amide bonds. The van der Waals surface area contributed by atoms with Crippen molar-refractivity contribution in [3.8, 4) is 23.3 Å². The lowest BCUT2D eigenvalue weighted by Gasteiger charge is -2.17. The molecule has 2 rings (SSSR count). The number of halogens is 1. The van der Waals surface area contributed by atoms with E-state index in [-0.39, 0.29) is 24.0 Å². The fourth-order valence-corrected chi connectivity index (χ4v) is 2.03. The Morgan fingerprint density at radius 1 is 1.27 bits per heavy atom. The van der Waals surface area contributed by atoms with Gasteiger partial charge in [-0.2, -0.15) is 5.26 Å². The van der Waals surface area contributed by atoms with Gasteiger partial charge in [0, 0.05) is 6.08 Å². The summed E-state index contributed by atoms with van der Waals surface area (Å²) in [6, 6.07) is 12.5. The Balaban J connectivity index is 1.98. The molecule has 0 fully saturated rings. The molecular weight excluding hydrogens is 337 g/mol. The molecule has 5 nitrogen and oxygen atoms in total. The van der Waals surface area contributed by atoms with Gasteiger partial charge in [-0.1, -0.05) is 13.5 Å². The third kappa shape index (κ3) is 5.35. The predicted octanol–water partition coefficient (Wildman–Crippen LogP) is 4.38. The van der Waals surface area contributed by atoms with Gasteiger partial charge in [0.2, 0.25) is 0 Å². The van der Waals surface area contributed by atoms with E-state index in [1.54, 1.807) is 24.3 Å². The second-order valence-electron chi connectivity index (χ2n) is 5.31. The van der Waals surface area contributed by atoms with Crippen molar-refractivity contribution < 1.29 is 23.4 Å².